The van der Waals surface area contributed by atoms with Crippen molar-refractivity contribution >= 4 is 17.7 Å². The monoisotopic (exact) mass is 387 g/mol. The molecule has 0 aliphatic heterocycles. The van der Waals surface area contributed by atoms with Crippen molar-refractivity contribution in [2.45, 2.75) is 11.8 Å². The number of aromatic nitrogens is 2. The van der Waals surface area contributed by atoms with Gasteiger partial charge in [-0.1, -0.05) is 42.1 Å². The number of rotatable bonds is 7. The Morgan fingerprint density at radius 2 is 1.93 bits per heavy atom. The predicted molar refractivity (Wildman–Crippen MR) is 99.9 cm³/mol. The van der Waals surface area contributed by atoms with Crippen LogP contribution in [0.25, 0.3) is 11.5 Å². The molecule has 0 atom stereocenters. The van der Waals surface area contributed by atoms with Crippen molar-refractivity contribution in [3.05, 3.63) is 59.9 Å². The molecule has 0 radical (unpaired) electrons. The number of carbonyl (C=O) groups is 1. The highest BCUT2D eigenvalue weighted by atomic mass is 32.2. The summed E-state index contributed by atoms with van der Waals surface area (Å²) in [4.78, 5) is 14.0. The second-order valence-corrected chi connectivity index (χ2v) is 6.63. The van der Waals surface area contributed by atoms with Crippen LogP contribution in [0.5, 0.6) is 5.75 Å². The summed E-state index contributed by atoms with van der Waals surface area (Å²) in [6.45, 7) is 0.424. The maximum Gasteiger partial charge on any atom is 0.277 e. The van der Waals surface area contributed by atoms with Crippen LogP contribution in [0.3, 0.4) is 0 Å². The van der Waals surface area contributed by atoms with Crippen molar-refractivity contribution in [1.29, 1.82) is 0 Å². The van der Waals surface area contributed by atoms with Gasteiger partial charge in [-0.05, 0) is 18.2 Å². The average molecular weight is 387 g/mol. The van der Waals surface area contributed by atoms with Crippen LogP contribution in [0.15, 0.2) is 58.2 Å². The van der Waals surface area contributed by atoms with Gasteiger partial charge in [0.25, 0.3) is 11.1 Å². The molecule has 0 unspecified atom stereocenters. The summed E-state index contributed by atoms with van der Waals surface area (Å²) in [6.07, 6.45) is 0. The van der Waals surface area contributed by atoms with E-state index in [1.807, 2.05) is 24.3 Å². The Bertz CT molecular complexity index is 932. The van der Waals surface area contributed by atoms with Crippen molar-refractivity contribution in [1.82, 2.24) is 15.1 Å². The van der Waals surface area contributed by atoms with Crippen LogP contribution in [0.1, 0.15) is 5.56 Å². The zero-order valence-corrected chi connectivity index (χ0v) is 15.7. The first kappa shape index (κ1) is 18.9. The molecule has 0 bridgehead atoms. The zero-order chi connectivity index (χ0) is 19.2. The van der Waals surface area contributed by atoms with E-state index in [2.05, 4.69) is 10.2 Å². The van der Waals surface area contributed by atoms with Crippen LogP contribution in [-0.2, 0) is 11.3 Å². The number of benzene rings is 2. The molecule has 1 aromatic heterocycles. The van der Waals surface area contributed by atoms with Gasteiger partial charge in [-0.3, -0.25) is 4.79 Å². The first-order valence-corrected chi connectivity index (χ1v) is 9.14. The first-order valence-electron chi connectivity index (χ1n) is 8.15. The van der Waals surface area contributed by atoms with Crippen molar-refractivity contribution < 1.29 is 18.3 Å². The zero-order valence-electron chi connectivity index (χ0n) is 14.9. The molecule has 2 aromatic carbocycles. The lowest BCUT2D eigenvalue weighted by molar-refractivity contribution is -0.127. The molecule has 3 rings (SSSR count). The molecule has 140 valence electrons. The predicted octanol–water partition coefficient (Wildman–Crippen LogP) is 3.64. The van der Waals surface area contributed by atoms with E-state index >= 15 is 0 Å². The molecule has 0 fully saturated rings. The van der Waals surface area contributed by atoms with Crippen molar-refractivity contribution in [3.63, 3.8) is 0 Å². The molecule has 27 heavy (non-hydrogen) atoms. The second-order valence-electron chi connectivity index (χ2n) is 5.70. The summed E-state index contributed by atoms with van der Waals surface area (Å²) < 4.78 is 24.5. The molecule has 0 aliphatic carbocycles. The Hall–Kier alpha value is -2.87. The minimum absolute atomic E-state index is 0.0884. The van der Waals surface area contributed by atoms with Gasteiger partial charge in [0.1, 0.15) is 11.6 Å². The summed E-state index contributed by atoms with van der Waals surface area (Å²) in [5.74, 6) is 0.411. The van der Waals surface area contributed by atoms with Gasteiger partial charge in [0.2, 0.25) is 5.91 Å². The number of hydrogen-bond donors (Lipinski definition) is 0. The maximum atomic E-state index is 13.8. The molecule has 1 heterocycles. The van der Waals surface area contributed by atoms with E-state index in [1.165, 1.54) is 6.07 Å². The van der Waals surface area contributed by atoms with Crippen LogP contribution in [-0.4, -0.2) is 40.9 Å². The molecule has 0 N–H and O–H groups in total. The summed E-state index contributed by atoms with van der Waals surface area (Å²) in [7, 11) is 3.31. The highest BCUT2D eigenvalue weighted by Crippen LogP contribution is 2.25. The van der Waals surface area contributed by atoms with Gasteiger partial charge in [-0.15, -0.1) is 10.2 Å². The highest BCUT2D eigenvalue weighted by Gasteiger charge is 2.16. The van der Waals surface area contributed by atoms with Gasteiger partial charge in [-0.25, -0.2) is 4.39 Å². The third-order valence-electron chi connectivity index (χ3n) is 3.86. The number of hydrogen-bond acceptors (Lipinski definition) is 6. The topological polar surface area (TPSA) is 68.5 Å². The minimum atomic E-state index is -0.440. The molecule has 0 spiro atoms. The number of para-hydroxylation sites is 1. The van der Waals surface area contributed by atoms with Gasteiger partial charge in [0, 0.05) is 19.2 Å². The Morgan fingerprint density at radius 1 is 1.19 bits per heavy atom. The van der Waals surface area contributed by atoms with Gasteiger partial charge in [-0.2, -0.15) is 0 Å². The van der Waals surface area contributed by atoms with E-state index in [0.29, 0.717) is 6.54 Å². The van der Waals surface area contributed by atoms with Gasteiger partial charge < -0.3 is 14.1 Å². The molecule has 8 heteroatoms. The molecule has 0 aliphatic rings. The smallest absolute Gasteiger partial charge is 0.277 e. The lowest BCUT2D eigenvalue weighted by Gasteiger charge is -2.18. The number of amides is 1. The van der Waals surface area contributed by atoms with Crippen LogP contribution in [0, 0.1) is 5.82 Å². The van der Waals surface area contributed by atoms with Crippen molar-refractivity contribution in [2.75, 3.05) is 19.9 Å². The fraction of sp³-hybridized carbons (Fsp3) is 0.211. The maximum absolute atomic E-state index is 13.8. The van der Waals surface area contributed by atoms with Gasteiger partial charge in [0.05, 0.1) is 18.4 Å². The third-order valence-corrected chi connectivity index (χ3v) is 4.66. The lowest BCUT2D eigenvalue weighted by atomic mass is 10.2. The third kappa shape index (κ3) is 4.65. The van der Waals surface area contributed by atoms with Gasteiger partial charge in [0.15, 0.2) is 0 Å². The quantitative estimate of drug-likeness (QED) is 0.577. The number of nitrogens with zero attached hydrogens (tertiary/aromatic N) is 3. The Kier molecular flexibility index (Phi) is 6.08. The lowest BCUT2D eigenvalue weighted by Crippen LogP contribution is -2.28. The van der Waals surface area contributed by atoms with E-state index in [9.17, 15) is 9.18 Å². The molecule has 0 saturated heterocycles. The number of halogens is 1. The molecule has 1 amide bonds. The number of methoxy groups -OCH3 is 1. The largest absolute Gasteiger partial charge is 0.496 e. The molecule has 0 saturated carbocycles. The van der Waals surface area contributed by atoms with E-state index in [1.54, 1.807) is 37.3 Å². The summed E-state index contributed by atoms with van der Waals surface area (Å²) in [6, 6.07) is 13.7. The van der Waals surface area contributed by atoms with E-state index in [0.717, 1.165) is 23.1 Å². The number of ether oxygens (including phenoxy) is 1. The second kappa shape index (κ2) is 8.68. The SMILES string of the molecule is COc1ccccc1CN(C)C(=O)CSc1nnc(-c2ccccc2F)o1. The van der Waals surface area contributed by atoms with Crippen LogP contribution in [0.4, 0.5) is 4.39 Å². The first-order chi connectivity index (χ1) is 13.1. The van der Waals surface area contributed by atoms with Crippen molar-refractivity contribution in [3.8, 4) is 17.2 Å². The highest BCUT2D eigenvalue weighted by molar-refractivity contribution is 7.99. The average Bonchev–Trinajstić information content (AvgIpc) is 3.15. The van der Waals surface area contributed by atoms with Crippen molar-refractivity contribution in [2.24, 2.45) is 0 Å². The molecule has 6 nitrogen and oxygen atoms in total. The molecule has 3 aromatic rings. The van der Waals surface area contributed by atoms with E-state index in [4.69, 9.17) is 9.15 Å². The number of thioether (sulfide) groups is 1. The summed E-state index contributed by atoms with van der Waals surface area (Å²) >= 11 is 1.11. The van der Waals surface area contributed by atoms with Gasteiger partial charge >= 0.3 is 0 Å². The normalized spacial score (nSPS) is 10.6. The molecular formula is C19H18FN3O3S. The number of carbonyl (C=O) groups excluding carboxylic acids is 1. The minimum Gasteiger partial charge on any atom is -0.496 e. The summed E-state index contributed by atoms with van der Waals surface area (Å²) in [5, 5.41) is 7.92. The molecular weight excluding hydrogens is 369 g/mol. The summed E-state index contributed by atoms with van der Waals surface area (Å²) in [5.41, 5.74) is 1.15. The Balaban J connectivity index is 1.58. The van der Waals surface area contributed by atoms with Crippen LogP contribution < -0.4 is 4.74 Å². The van der Waals surface area contributed by atoms with Crippen LogP contribution >= 0.6 is 11.8 Å². The fourth-order valence-corrected chi connectivity index (χ4v) is 3.13. The van der Waals surface area contributed by atoms with E-state index < -0.39 is 5.82 Å². The Labute approximate surface area is 160 Å². The Morgan fingerprint density at radius 3 is 2.70 bits per heavy atom. The fourth-order valence-electron chi connectivity index (χ4n) is 2.42. The van der Waals surface area contributed by atoms with Crippen LogP contribution in [0.2, 0.25) is 0 Å². The standard InChI is InChI=1S/C19H18FN3O3S/c1-23(11-13-7-3-6-10-16(13)25-2)17(24)12-27-19-22-21-18(26-19)14-8-4-5-9-15(14)20/h3-10H,11-12H2,1-2H3. The van der Waals surface area contributed by atoms with E-state index in [-0.39, 0.29) is 28.3 Å².